The minimum Gasteiger partial charge on any atom is -0.378 e. The summed E-state index contributed by atoms with van der Waals surface area (Å²) in [6, 6.07) is 10.0. The standard InChI is InChI=1S/C16H24N2O/c1-2-14-12-19-10-9-18(14)16-7-8-17-11-13-5-3-4-6-15(13)16/h3-6,14,16-17H,2,7-12H2,1H3. The molecular weight excluding hydrogens is 236 g/mol. The molecule has 0 spiro atoms. The summed E-state index contributed by atoms with van der Waals surface area (Å²) in [6.07, 6.45) is 2.37. The van der Waals surface area contributed by atoms with Crippen LogP contribution in [0.3, 0.4) is 0 Å². The highest BCUT2D eigenvalue weighted by molar-refractivity contribution is 5.31. The van der Waals surface area contributed by atoms with Gasteiger partial charge in [0.05, 0.1) is 13.2 Å². The van der Waals surface area contributed by atoms with Crippen LogP contribution < -0.4 is 5.32 Å². The van der Waals surface area contributed by atoms with Gasteiger partial charge in [0, 0.05) is 25.2 Å². The molecule has 2 atom stereocenters. The van der Waals surface area contributed by atoms with Gasteiger partial charge in [0.1, 0.15) is 0 Å². The highest BCUT2D eigenvalue weighted by Gasteiger charge is 2.31. The van der Waals surface area contributed by atoms with Crippen molar-refractivity contribution in [2.75, 3.05) is 26.3 Å². The Morgan fingerprint density at radius 1 is 1.37 bits per heavy atom. The Labute approximate surface area is 115 Å². The first-order chi connectivity index (χ1) is 9.40. The fraction of sp³-hybridized carbons (Fsp3) is 0.625. The highest BCUT2D eigenvalue weighted by Crippen LogP contribution is 2.32. The van der Waals surface area contributed by atoms with Crippen LogP contribution in [0.4, 0.5) is 0 Å². The van der Waals surface area contributed by atoms with Crippen molar-refractivity contribution in [3.63, 3.8) is 0 Å². The maximum Gasteiger partial charge on any atom is 0.0622 e. The number of nitrogens with zero attached hydrogens (tertiary/aromatic N) is 1. The van der Waals surface area contributed by atoms with Crippen molar-refractivity contribution in [2.45, 2.75) is 38.4 Å². The van der Waals surface area contributed by atoms with E-state index in [1.54, 1.807) is 0 Å². The van der Waals surface area contributed by atoms with E-state index < -0.39 is 0 Å². The summed E-state index contributed by atoms with van der Waals surface area (Å²) in [5.74, 6) is 0. The van der Waals surface area contributed by atoms with Gasteiger partial charge in [-0.15, -0.1) is 0 Å². The Bertz CT molecular complexity index is 421. The van der Waals surface area contributed by atoms with Crippen LogP contribution in [0.1, 0.15) is 36.9 Å². The molecule has 2 aliphatic rings. The molecule has 19 heavy (non-hydrogen) atoms. The fourth-order valence-electron chi connectivity index (χ4n) is 3.41. The SMILES string of the molecule is CCC1COCCN1C1CCNCc2ccccc21. The van der Waals surface area contributed by atoms with Crippen LogP contribution in [0.2, 0.25) is 0 Å². The zero-order valence-corrected chi connectivity index (χ0v) is 11.8. The zero-order chi connectivity index (χ0) is 13.1. The lowest BCUT2D eigenvalue weighted by molar-refractivity contribution is -0.0320. The van der Waals surface area contributed by atoms with Gasteiger partial charge in [-0.25, -0.2) is 0 Å². The molecule has 0 aliphatic carbocycles. The first-order valence-electron chi connectivity index (χ1n) is 7.52. The Morgan fingerprint density at radius 2 is 2.26 bits per heavy atom. The molecule has 2 aliphatic heterocycles. The predicted molar refractivity (Wildman–Crippen MR) is 77.1 cm³/mol. The molecule has 2 heterocycles. The molecule has 0 bridgehead atoms. The summed E-state index contributed by atoms with van der Waals surface area (Å²) < 4.78 is 5.66. The van der Waals surface area contributed by atoms with Crippen molar-refractivity contribution in [2.24, 2.45) is 0 Å². The highest BCUT2D eigenvalue weighted by atomic mass is 16.5. The summed E-state index contributed by atoms with van der Waals surface area (Å²) in [5.41, 5.74) is 2.99. The molecule has 1 saturated heterocycles. The molecule has 1 N–H and O–H groups in total. The lowest BCUT2D eigenvalue weighted by Gasteiger charge is -2.41. The Hall–Kier alpha value is -0.900. The number of nitrogens with one attached hydrogen (secondary N) is 1. The van der Waals surface area contributed by atoms with Crippen molar-refractivity contribution < 1.29 is 4.74 Å². The Morgan fingerprint density at radius 3 is 3.16 bits per heavy atom. The topological polar surface area (TPSA) is 24.5 Å². The minimum absolute atomic E-state index is 0.556. The van der Waals surface area contributed by atoms with Crippen molar-refractivity contribution in [3.8, 4) is 0 Å². The molecule has 0 saturated carbocycles. The second kappa shape index (κ2) is 6.04. The molecule has 1 fully saturated rings. The van der Waals surface area contributed by atoms with E-state index in [9.17, 15) is 0 Å². The zero-order valence-electron chi connectivity index (χ0n) is 11.8. The average Bonchev–Trinajstić information content (AvgIpc) is 2.69. The van der Waals surface area contributed by atoms with E-state index >= 15 is 0 Å². The predicted octanol–water partition coefficient (Wildman–Crippen LogP) is 2.33. The quantitative estimate of drug-likeness (QED) is 0.883. The Kier molecular flexibility index (Phi) is 4.16. The van der Waals surface area contributed by atoms with Crippen LogP contribution >= 0.6 is 0 Å². The van der Waals surface area contributed by atoms with E-state index in [-0.39, 0.29) is 0 Å². The summed E-state index contributed by atoms with van der Waals surface area (Å²) in [4.78, 5) is 2.68. The number of ether oxygens (including phenoxy) is 1. The number of hydrogen-bond acceptors (Lipinski definition) is 3. The molecule has 1 aromatic rings. The normalized spacial score (nSPS) is 28.7. The number of morpholine rings is 1. The van der Waals surface area contributed by atoms with E-state index in [1.807, 2.05) is 0 Å². The first-order valence-corrected chi connectivity index (χ1v) is 7.52. The third kappa shape index (κ3) is 2.69. The van der Waals surface area contributed by atoms with E-state index in [0.29, 0.717) is 12.1 Å². The largest absolute Gasteiger partial charge is 0.378 e. The van der Waals surface area contributed by atoms with E-state index in [1.165, 1.54) is 24.0 Å². The lowest BCUT2D eigenvalue weighted by Crippen LogP contribution is -2.47. The van der Waals surface area contributed by atoms with Crippen LogP contribution in [0.25, 0.3) is 0 Å². The van der Waals surface area contributed by atoms with Gasteiger partial charge >= 0.3 is 0 Å². The van der Waals surface area contributed by atoms with Gasteiger partial charge in [0.15, 0.2) is 0 Å². The van der Waals surface area contributed by atoms with Gasteiger partial charge in [-0.05, 0) is 30.5 Å². The lowest BCUT2D eigenvalue weighted by atomic mass is 9.95. The van der Waals surface area contributed by atoms with Gasteiger partial charge in [0.25, 0.3) is 0 Å². The summed E-state index contributed by atoms with van der Waals surface area (Å²) >= 11 is 0. The van der Waals surface area contributed by atoms with Gasteiger partial charge in [-0.2, -0.15) is 0 Å². The molecule has 0 aromatic heterocycles. The third-order valence-corrected chi connectivity index (χ3v) is 4.47. The van der Waals surface area contributed by atoms with Crippen LogP contribution in [0.5, 0.6) is 0 Å². The second-order valence-electron chi connectivity index (χ2n) is 5.55. The Balaban J connectivity index is 1.90. The van der Waals surface area contributed by atoms with E-state index in [2.05, 4.69) is 41.4 Å². The summed E-state index contributed by atoms with van der Waals surface area (Å²) in [7, 11) is 0. The molecule has 3 nitrogen and oxygen atoms in total. The third-order valence-electron chi connectivity index (χ3n) is 4.47. The van der Waals surface area contributed by atoms with Crippen molar-refractivity contribution in [1.82, 2.24) is 10.2 Å². The number of benzene rings is 1. The minimum atomic E-state index is 0.556. The first kappa shape index (κ1) is 13.1. The van der Waals surface area contributed by atoms with E-state index in [0.717, 1.165) is 32.8 Å². The van der Waals surface area contributed by atoms with Gasteiger partial charge in [-0.1, -0.05) is 31.2 Å². The van der Waals surface area contributed by atoms with Crippen molar-refractivity contribution in [3.05, 3.63) is 35.4 Å². The molecule has 3 rings (SSSR count). The summed E-state index contributed by atoms with van der Waals surface area (Å²) in [5, 5.41) is 3.55. The van der Waals surface area contributed by atoms with Crippen molar-refractivity contribution in [1.29, 1.82) is 0 Å². The van der Waals surface area contributed by atoms with Gasteiger partial charge < -0.3 is 10.1 Å². The van der Waals surface area contributed by atoms with Crippen molar-refractivity contribution >= 4 is 0 Å². The van der Waals surface area contributed by atoms with Crippen LogP contribution in [-0.4, -0.2) is 37.2 Å². The molecule has 0 amide bonds. The van der Waals surface area contributed by atoms with Crippen LogP contribution in [-0.2, 0) is 11.3 Å². The summed E-state index contributed by atoms with van der Waals surface area (Å²) in [6.45, 7) is 7.22. The number of hydrogen-bond donors (Lipinski definition) is 1. The van der Waals surface area contributed by atoms with Gasteiger partial charge in [0.2, 0.25) is 0 Å². The molecule has 2 unspecified atom stereocenters. The van der Waals surface area contributed by atoms with Crippen LogP contribution in [0, 0.1) is 0 Å². The fourth-order valence-corrected chi connectivity index (χ4v) is 3.41. The van der Waals surface area contributed by atoms with E-state index in [4.69, 9.17) is 4.74 Å². The average molecular weight is 260 g/mol. The number of fused-ring (bicyclic) bond motifs is 1. The van der Waals surface area contributed by atoms with Crippen LogP contribution in [0.15, 0.2) is 24.3 Å². The number of rotatable bonds is 2. The molecule has 104 valence electrons. The smallest absolute Gasteiger partial charge is 0.0622 e. The molecular formula is C16H24N2O. The maximum absolute atomic E-state index is 5.66. The molecule has 0 radical (unpaired) electrons. The molecule has 3 heteroatoms. The second-order valence-corrected chi connectivity index (χ2v) is 5.55. The monoisotopic (exact) mass is 260 g/mol. The maximum atomic E-state index is 5.66. The molecule has 1 aromatic carbocycles. The van der Waals surface area contributed by atoms with Gasteiger partial charge in [-0.3, -0.25) is 4.90 Å².